The number of anilines is 1. The summed E-state index contributed by atoms with van der Waals surface area (Å²) in [4.78, 5) is 15.6. The van der Waals surface area contributed by atoms with E-state index in [0.29, 0.717) is 27.5 Å². The summed E-state index contributed by atoms with van der Waals surface area (Å²) in [6, 6.07) is 12.2. The highest BCUT2D eigenvalue weighted by atomic mass is 79.9. The van der Waals surface area contributed by atoms with Crippen LogP contribution in [0.1, 0.15) is 11.1 Å². The van der Waals surface area contributed by atoms with Crippen molar-refractivity contribution in [2.24, 2.45) is 4.99 Å². The maximum Gasteiger partial charge on any atom is 0.281 e. The van der Waals surface area contributed by atoms with E-state index in [0.717, 1.165) is 4.47 Å². The molecule has 3 rings (SSSR count). The molecular formula is C15H9BrClFN2O. The van der Waals surface area contributed by atoms with Crippen molar-refractivity contribution in [1.29, 1.82) is 0 Å². The van der Waals surface area contributed by atoms with Crippen molar-refractivity contribution in [1.82, 2.24) is 0 Å². The second kappa shape index (κ2) is 5.58. The average molecular weight is 368 g/mol. The van der Waals surface area contributed by atoms with Crippen LogP contribution >= 0.6 is 27.5 Å². The highest BCUT2D eigenvalue weighted by molar-refractivity contribution is 9.10. The molecule has 6 heteroatoms. The number of hydrogen-bond acceptors (Lipinski definition) is 2. The molecule has 106 valence electrons. The summed E-state index contributed by atoms with van der Waals surface area (Å²) in [6.45, 7) is 0. The summed E-state index contributed by atoms with van der Waals surface area (Å²) in [6.07, 6.45) is -1.96. The molecule has 1 N–H and O–H groups in total. The smallest absolute Gasteiger partial charge is 0.281 e. The highest BCUT2D eigenvalue weighted by Crippen LogP contribution is 2.29. The lowest BCUT2D eigenvalue weighted by atomic mass is 10.0. The number of benzodiazepines with no additional fused rings is 1. The summed E-state index contributed by atoms with van der Waals surface area (Å²) >= 11 is 9.44. The van der Waals surface area contributed by atoms with Crippen molar-refractivity contribution in [2.45, 2.75) is 6.30 Å². The van der Waals surface area contributed by atoms with E-state index >= 15 is 0 Å². The zero-order chi connectivity index (χ0) is 15.0. The molecule has 2 aromatic carbocycles. The normalized spacial score (nSPS) is 17.6. The molecule has 3 nitrogen and oxygen atoms in total. The molecule has 1 aliphatic heterocycles. The van der Waals surface area contributed by atoms with Crippen LogP contribution in [0, 0.1) is 0 Å². The molecule has 21 heavy (non-hydrogen) atoms. The van der Waals surface area contributed by atoms with Gasteiger partial charge in [0.1, 0.15) is 0 Å². The fraction of sp³-hybridized carbons (Fsp3) is 0.0667. The van der Waals surface area contributed by atoms with Gasteiger partial charge in [-0.1, -0.05) is 45.7 Å². The highest BCUT2D eigenvalue weighted by Gasteiger charge is 2.26. The van der Waals surface area contributed by atoms with E-state index in [9.17, 15) is 9.18 Å². The summed E-state index contributed by atoms with van der Waals surface area (Å²) in [5, 5.41) is 3.00. The minimum Gasteiger partial charge on any atom is -0.321 e. The Bertz CT molecular complexity index is 763. The third-order valence-corrected chi connectivity index (χ3v) is 4.01. The Morgan fingerprint density at radius 1 is 1.19 bits per heavy atom. The van der Waals surface area contributed by atoms with Crippen LogP contribution in [0.4, 0.5) is 10.1 Å². The number of fused-ring (bicyclic) bond motifs is 1. The quantitative estimate of drug-likeness (QED) is 0.755. The van der Waals surface area contributed by atoms with E-state index in [-0.39, 0.29) is 0 Å². The Morgan fingerprint density at radius 3 is 2.71 bits per heavy atom. The number of alkyl halides is 1. The molecule has 0 fully saturated rings. The van der Waals surface area contributed by atoms with Crippen LogP contribution in [0.25, 0.3) is 0 Å². The van der Waals surface area contributed by atoms with Gasteiger partial charge in [0.2, 0.25) is 0 Å². The van der Waals surface area contributed by atoms with Gasteiger partial charge in [-0.05, 0) is 24.3 Å². The Labute approximate surface area is 134 Å². The standard InChI is InChI=1S/C15H9BrClFN2O/c16-11-4-2-1-3-9(11)13-10-7-8(17)5-6-12(10)19-15(21)14(18)20-13/h1-7,14H,(H,19,21). The van der Waals surface area contributed by atoms with Gasteiger partial charge >= 0.3 is 0 Å². The van der Waals surface area contributed by atoms with Gasteiger partial charge in [-0.25, -0.2) is 9.38 Å². The van der Waals surface area contributed by atoms with Gasteiger partial charge in [0.05, 0.1) is 11.4 Å². The first-order valence-corrected chi connectivity index (χ1v) is 7.31. The van der Waals surface area contributed by atoms with Crippen molar-refractivity contribution in [2.75, 3.05) is 5.32 Å². The third kappa shape index (κ3) is 2.71. The van der Waals surface area contributed by atoms with Crippen LogP contribution in [-0.2, 0) is 4.79 Å². The van der Waals surface area contributed by atoms with Crippen LogP contribution in [0.3, 0.4) is 0 Å². The molecule has 2 aromatic rings. The van der Waals surface area contributed by atoms with Gasteiger partial charge < -0.3 is 5.32 Å². The lowest BCUT2D eigenvalue weighted by Crippen LogP contribution is -2.21. The van der Waals surface area contributed by atoms with E-state index in [2.05, 4.69) is 26.2 Å². The van der Waals surface area contributed by atoms with Crippen LogP contribution in [-0.4, -0.2) is 17.9 Å². The first kappa shape index (κ1) is 14.2. The van der Waals surface area contributed by atoms with Gasteiger partial charge in [-0.3, -0.25) is 4.79 Å². The monoisotopic (exact) mass is 366 g/mol. The minimum atomic E-state index is -1.96. The zero-order valence-electron chi connectivity index (χ0n) is 10.6. The molecule has 0 saturated carbocycles. The largest absolute Gasteiger partial charge is 0.321 e. The van der Waals surface area contributed by atoms with Crippen molar-refractivity contribution in [3.63, 3.8) is 0 Å². The van der Waals surface area contributed by atoms with E-state index < -0.39 is 12.2 Å². The number of amides is 1. The van der Waals surface area contributed by atoms with Gasteiger partial charge in [-0.15, -0.1) is 0 Å². The van der Waals surface area contributed by atoms with E-state index in [1.165, 1.54) is 0 Å². The summed E-state index contributed by atoms with van der Waals surface area (Å²) in [7, 11) is 0. The van der Waals surface area contributed by atoms with Gasteiger partial charge in [0.25, 0.3) is 12.2 Å². The first-order valence-electron chi connectivity index (χ1n) is 6.14. The van der Waals surface area contributed by atoms with Crippen molar-refractivity contribution >= 4 is 44.8 Å². The molecule has 0 spiro atoms. The summed E-state index contributed by atoms with van der Waals surface area (Å²) in [5.74, 6) is -0.791. The lowest BCUT2D eigenvalue weighted by molar-refractivity contribution is -0.120. The van der Waals surface area contributed by atoms with Crippen LogP contribution in [0.2, 0.25) is 5.02 Å². The number of rotatable bonds is 1. The fourth-order valence-corrected chi connectivity index (χ4v) is 2.77. The number of carbonyl (C=O) groups excluding carboxylic acids is 1. The zero-order valence-corrected chi connectivity index (χ0v) is 13.0. The maximum atomic E-state index is 13.9. The number of halogens is 3. The molecule has 0 aliphatic carbocycles. The second-order valence-electron chi connectivity index (χ2n) is 4.47. The van der Waals surface area contributed by atoms with Gasteiger partial charge in [0.15, 0.2) is 0 Å². The van der Waals surface area contributed by atoms with Crippen LogP contribution in [0.15, 0.2) is 51.9 Å². The molecule has 1 aliphatic rings. The predicted octanol–water partition coefficient (Wildman–Crippen LogP) is 4.19. The molecule has 1 unspecified atom stereocenters. The van der Waals surface area contributed by atoms with E-state index in [1.807, 2.05) is 18.2 Å². The third-order valence-electron chi connectivity index (χ3n) is 3.08. The van der Waals surface area contributed by atoms with Crippen LogP contribution < -0.4 is 5.32 Å². The van der Waals surface area contributed by atoms with E-state index in [1.54, 1.807) is 24.3 Å². The Balaban J connectivity index is 2.27. The molecule has 1 atom stereocenters. The number of nitrogens with zero attached hydrogens (tertiary/aromatic N) is 1. The fourth-order valence-electron chi connectivity index (χ4n) is 2.12. The Hall–Kier alpha value is -1.72. The molecule has 0 saturated heterocycles. The molecule has 1 heterocycles. The number of hydrogen-bond donors (Lipinski definition) is 1. The van der Waals surface area contributed by atoms with Crippen molar-refractivity contribution in [3.05, 3.63) is 63.1 Å². The molecule has 0 radical (unpaired) electrons. The molecule has 0 bridgehead atoms. The van der Waals surface area contributed by atoms with Gasteiger partial charge in [-0.2, -0.15) is 0 Å². The van der Waals surface area contributed by atoms with Crippen LogP contribution in [0.5, 0.6) is 0 Å². The lowest BCUT2D eigenvalue weighted by Gasteiger charge is -2.11. The topological polar surface area (TPSA) is 41.5 Å². The van der Waals surface area contributed by atoms with Crippen molar-refractivity contribution in [3.8, 4) is 0 Å². The Morgan fingerprint density at radius 2 is 1.95 bits per heavy atom. The Kier molecular flexibility index (Phi) is 3.78. The van der Waals surface area contributed by atoms with E-state index in [4.69, 9.17) is 11.6 Å². The SMILES string of the molecule is O=C1Nc2ccc(Cl)cc2C(c2ccccc2Br)=NC1F. The average Bonchev–Trinajstić information content (AvgIpc) is 2.58. The first-order chi connectivity index (χ1) is 10.1. The number of aliphatic imine (C=N–C) groups is 1. The minimum absolute atomic E-state index is 0.380. The number of benzene rings is 2. The summed E-state index contributed by atoms with van der Waals surface area (Å²) in [5.41, 5.74) is 2.15. The molecule has 0 aromatic heterocycles. The predicted molar refractivity (Wildman–Crippen MR) is 84.8 cm³/mol. The van der Waals surface area contributed by atoms with Crippen molar-refractivity contribution < 1.29 is 9.18 Å². The maximum absolute atomic E-state index is 13.9. The molecule has 1 amide bonds. The summed E-state index contributed by atoms with van der Waals surface area (Å²) < 4.78 is 14.7. The second-order valence-corrected chi connectivity index (χ2v) is 5.76. The number of carbonyl (C=O) groups is 1. The van der Waals surface area contributed by atoms with Gasteiger partial charge in [0, 0.05) is 20.6 Å². The molecular weight excluding hydrogens is 359 g/mol. The number of nitrogens with one attached hydrogen (secondary N) is 1.